The molecule has 6 heteroatoms. The minimum Gasteiger partial charge on any atom is -0.462 e. The van der Waals surface area contributed by atoms with Crippen molar-refractivity contribution in [1.82, 2.24) is 0 Å². The Balaban J connectivity index is 4.18. The van der Waals surface area contributed by atoms with Crippen molar-refractivity contribution in [2.24, 2.45) is 0 Å². The molecule has 0 N–H and O–H groups in total. The van der Waals surface area contributed by atoms with Gasteiger partial charge in [0.15, 0.2) is 6.10 Å². The quantitative estimate of drug-likeness (QED) is 0.0262. The number of unbranched alkanes of at least 4 members (excludes halogenated alkanes) is 30. The van der Waals surface area contributed by atoms with Gasteiger partial charge in [0.1, 0.15) is 13.2 Å². The van der Waals surface area contributed by atoms with Gasteiger partial charge in [-0.3, -0.25) is 14.4 Å². The van der Waals surface area contributed by atoms with Gasteiger partial charge in [0.25, 0.3) is 0 Å². The fourth-order valence-corrected chi connectivity index (χ4v) is 8.02. The molecule has 0 saturated carbocycles. The van der Waals surface area contributed by atoms with Crippen LogP contribution in [0.3, 0.4) is 0 Å². The first-order chi connectivity index (χ1) is 32.5. The maximum atomic E-state index is 12.8. The third-order valence-electron chi connectivity index (χ3n) is 12.3. The minimum absolute atomic E-state index is 0.0796. The maximum absolute atomic E-state index is 12.8. The predicted octanol–water partition coefficient (Wildman–Crippen LogP) is 18.8. The van der Waals surface area contributed by atoms with Gasteiger partial charge in [-0.15, -0.1) is 0 Å². The number of allylic oxidation sites excluding steroid dienone is 10. The molecule has 0 fully saturated rings. The van der Waals surface area contributed by atoms with Crippen LogP contribution in [-0.2, 0) is 28.6 Å². The van der Waals surface area contributed by atoms with E-state index in [1.165, 1.54) is 141 Å². The lowest BCUT2D eigenvalue weighted by molar-refractivity contribution is -0.167. The van der Waals surface area contributed by atoms with Crippen molar-refractivity contribution in [3.05, 3.63) is 60.8 Å². The Kier molecular flexibility index (Phi) is 52.3. The largest absolute Gasteiger partial charge is 0.462 e. The van der Waals surface area contributed by atoms with E-state index in [-0.39, 0.29) is 31.1 Å². The van der Waals surface area contributed by atoms with Crippen LogP contribution in [0.2, 0.25) is 0 Å². The van der Waals surface area contributed by atoms with Crippen LogP contribution in [0.25, 0.3) is 0 Å². The summed E-state index contributed by atoms with van der Waals surface area (Å²) in [7, 11) is 0. The van der Waals surface area contributed by atoms with E-state index in [1.54, 1.807) is 0 Å². The molecule has 0 radical (unpaired) electrons. The molecule has 1 atom stereocenters. The average molecular weight is 924 g/mol. The first kappa shape index (κ1) is 63.1. The van der Waals surface area contributed by atoms with Gasteiger partial charge in [0.2, 0.25) is 0 Å². The molecule has 0 amide bonds. The Bertz CT molecular complexity index is 1200. The zero-order valence-electron chi connectivity index (χ0n) is 43.7. The molecule has 382 valence electrons. The molecule has 0 aliphatic rings. The van der Waals surface area contributed by atoms with E-state index in [1.807, 2.05) is 0 Å². The zero-order valence-corrected chi connectivity index (χ0v) is 43.7. The van der Waals surface area contributed by atoms with Gasteiger partial charge in [-0.05, 0) is 83.5 Å². The van der Waals surface area contributed by atoms with E-state index in [2.05, 4.69) is 81.5 Å². The van der Waals surface area contributed by atoms with Crippen molar-refractivity contribution in [3.63, 3.8) is 0 Å². The van der Waals surface area contributed by atoms with Gasteiger partial charge in [-0.25, -0.2) is 0 Å². The highest BCUT2D eigenvalue weighted by atomic mass is 16.6. The Morgan fingerprint density at radius 1 is 0.318 bits per heavy atom. The van der Waals surface area contributed by atoms with Gasteiger partial charge < -0.3 is 14.2 Å². The number of ether oxygens (including phenoxy) is 3. The van der Waals surface area contributed by atoms with E-state index in [9.17, 15) is 14.4 Å². The molecule has 0 saturated heterocycles. The van der Waals surface area contributed by atoms with Crippen LogP contribution in [0.15, 0.2) is 60.8 Å². The summed E-state index contributed by atoms with van der Waals surface area (Å²) in [6.45, 7) is 6.49. The summed E-state index contributed by atoms with van der Waals surface area (Å²) in [5.74, 6) is -0.894. The first-order valence-corrected chi connectivity index (χ1v) is 28.3. The van der Waals surface area contributed by atoms with Crippen LogP contribution in [0.4, 0.5) is 0 Å². The highest BCUT2D eigenvalue weighted by molar-refractivity contribution is 5.71. The van der Waals surface area contributed by atoms with Gasteiger partial charge in [-0.2, -0.15) is 0 Å². The summed E-state index contributed by atoms with van der Waals surface area (Å²) in [5.41, 5.74) is 0. The van der Waals surface area contributed by atoms with E-state index >= 15 is 0 Å². The molecule has 0 aliphatic heterocycles. The van der Waals surface area contributed by atoms with Crippen molar-refractivity contribution >= 4 is 17.9 Å². The molecule has 0 aromatic rings. The van der Waals surface area contributed by atoms with Crippen LogP contribution in [0, 0.1) is 0 Å². The van der Waals surface area contributed by atoms with Crippen molar-refractivity contribution in [3.8, 4) is 0 Å². The molecule has 0 aliphatic carbocycles. The zero-order chi connectivity index (χ0) is 47.9. The summed E-state index contributed by atoms with van der Waals surface area (Å²) in [6, 6.07) is 0. The fraction of sp³-hybridized carbons (Fsp3) is 0.783. The molecular weight excluding hydrogens is 817 g/mol. The van der Waals surface area contributed by atoms with E-state index in [4.69, 9.17) is 14.2 Å². The van der Waals surface area contributed by atoms with Crippen molar-refractivity contribution in [2.45, 2.75) is 290 Å². The minimum atomic E-state index is -0.780. The Morgan fingerprint density at radius 2 is 0.591 bits per heavy atom. The second kappa shape index (κ2) is 54.7. The van der Waals surface area contributed by atoms with Gasteiger partial charge in [-0.1, -0.05) is 242 Å². The molecule has 1 unspecified atom stereocenters. The van der Waals surface area contributed by atoms with Crippen molar-refractivity contribution in [1.29, 1.82) is 0 Å². The highest BCUT2D eigenvalue weighted by Gasteiger charge is 2.19. The van der Waals surface area contributed by atoms with Gasteiger partial charge in [0, 0.05) is 19.3 Å². The topological polar surface area (TPSA) is 78.9 Å². The Morgan fingerprint density at radius 3 is 0.924 bits per heavy atom. The molecule has 0 heterocycles. The molecule has 66 heavy (non-hydrogen) atoms. The standard InChI is InChI=1S/C60H106O6/c1-4-7-10-13-16-19-21-23-25-26-27-28-29-30-31-32-33-34-36-37-39-41-44-47-50-53-59(62)65-56-57(55-64-58(61)52-49-46-43-18-15-12-9-6-3)66-60(63)54-51-48-45-42-40-38-35-24-22-20-17-14-11-8-5-2/h8,11,17,20-21,23-24,26-27,35,57H,4-7,9-10,12-16,18-19,22,25,28-34,36-56H2,1-3H3/b11-8-,20-17-,23-21-,27-26-,35-24-. The Labute approximate surface area is 409 Å². The second-order valence-corrected chi connectivity index (χ2v) is 18.8. The summed E-state index contributed by atoms with van der Waals surface area (Å²) >= 11 is 0. The average Bonchev–Trinajstić information content (AvgIpc) is 3.31. The fourth-order valence-electron chi connectivity index (χ4n) is 8.02. The first-order valence-electron chi connectivity index (χ1n) is 28.3. The lowest BCUT2D eigenvalue weighted by Crippen LogP contribution is -2.30. The van der Waals surface area contributed by atoms with E-state index in [0.29, 0.717) is 19.3 Å². The van der Waals surface area contributed by atoms with Crippen LogP contribution in [-0.4, -0.2) is 37.2 Å². The predicted molar refractivity (Wildman–Crippen MR) is 284 cm³/mol. The lowest BCUT2D eigenvalue weighted by atomic mass is 10.0. The van der Waals surface area contributed by atoms with Gasteiger partial charge in [0.05, 0.1) is 0 Å². The molecular formula is C60H106O6. The van der Waals surface area contributed by atoms with Crippen LogP contribution in [0.5, 0.6) is 0 Å². The normalized spacial score (nSPS) is 12.5. The molecule has 0 bridgehead atoms. The van der Waals surface area contributed by atoms with Crippen LogP contribution < -0.4 is 0 Å². The summed E-state index contributed by atoms with van der Waals surface area (Å²) in [6.07, 6.45) is 68.0. The second-order valence-electron chi connectivity index (χ2n) is 18.8. The number of hydrogen-bond donors (Lipinski definition) is 0. The smallest absolute Gasteiger partial charge is 0.306 e. The molecule has 0 aromatic carbocycles. The maximum Gasteiger partial charge on any atom is 0.306 e. The third-order valence-corrected chi connectivity index (χ3v) is 12.3. The number of hydrogen-bond acceptors (Lipinski definition) is 6. The molecule has 0 aromatic heterocycles. The van der Waals surface area contributed by atoms with Crippen LogP contribution in [0.1, 0.15) is 284 Å². The molecule has 0 spiro atoms. The molecule has 6 nitrogen and oxygen atoms in total. The summed E-state index contributed by atoms with van der Waals surface area (Å²) in [5, 5.41) is 0. The number of carbonyl (C=O) groups excluding carboxylic acids is 3. The summed E-state index contributed by atoms with van der Waals surface area (Å²) in [4.78, 5) is 37.9. The van der Waals surface area contributed by atoms with Crippen molar-refractivity contribution < 1.29 is 28.6 Å². The number of rotatable bonds is 51. The van der Waals surface area contributed by atoms with Crippen LogP contribution >= 0.6 is 0 Å². The van der Waals surface area contributed by atoms with E-state index < -0.39 is 6.10 Å². The number of carbonyl (C=O) groups is 3. The lowest BCUT2D eigenvalue weighted by Gasteiger charge is -2.18. The summed E-state index contributed by atoms with van der Waals surface area (Å²) < 4.78 is 16.8. The third kappa shape index (κ3) is 52.1. The van der Waals surface area contributed by atoms with Gasteiger partial charge >= 0.3 is 17.9 Å². The Hall–Kier alpha value is -2.89. The number of esters is 3. The van der Waals surface area contributed by atoms with Crippen molar-refractivity contribution in [2.75, 3.05) is 13.2 Å². The highest BCUT2D eigenvalue weighted by Crippen LogP contribution is 2.16. The SMILES string of the molecule is CC/C=C\C/C=C\C/C=C\CCCCCCCC(=O)OC(COC(=O)CCCCCCCCCC)COC(=O)CCCCCCCCCCCCCCC/C=C\C/C=C\CCCCCCC. The van der Waals surface area contributed by atoms with E-state index in [0.717, 1.165) is 103 Å². The monoisotopic (exact) mass is 923 g/mol. The molecule has 0 rings (SSSR count).